The Morgan fingerprint density at radius 1 is 0.964 bits per heavy atom. The lowest BCUT2D eigenvalue weighted by Gasteiger charge is -2.19. The summed E-state index contributed by atoms with van der Waals surface area (Å²) in [6.45, 7) is 10.9. The molecule has 0 aromatic heterocycles. The Morgan fingerprint density at radius 3 is 2.29 bits per heavy atom. The first kappa shape index (κ1) is 21.8. The molecule has 0 aliphatic heterocycles. The summed E-state index contributed by atoms with van der Waals surface area (Å²) in [4.78, 5) is 17.1. The third kappa shape index (κ3) is 6.27. The van der Waals surface area contributed by atoms with E-state index in [0.717, 1.165) is 38.3 Å². The van der Waals surface area contributed by atoms with Crippen LogP contribution < -0.4 is 15.0 Å². The third-order valence-electron chi connectivity index (χ3n) is 4.82. The van der Waals surface area contributed by atoms with Gasteiger partial charge >= 0.3 is 0 Å². The van der Waals surface area contributed by atoms with Gasteiger partial charge in [-0.15, -0.1) is 0 Å². The average molecular weight is 384 g/mol. The number of para-hydroxylation sites is 2. The van der Waals surface area contributed by atoms with Crippen LogP contribution in [-0.2, 0) is 0 Å². The Bertz CT molecular complexity index is 727. The molecule has 0 heterocycles. The molecular formula is C23H33N3O2. The zero-order chi connectivity index (χ0) is 20.4. The number of benzene rings is 2. The van der Waals surface area contributed by atoms with Gasteiger partial charge in [-0.1, -0.05) is 32.9 Å². The lowest BCUT2D eigenvalue weighted by atomic mass is 10.1. The number of nitrogens with one attached hydrogen (secondary N) is 1. The molecule has 0 atom stereocenters. The monoisotopic (exact) mass is 383 g/mol. The lowest BCUT2D eigenvalue weighted by molar-refractivity contribution is 0.102. The van der Waals surface area contributed by atoms with E-state index < -0.39 is 0 Å². The maximum Gasteiger partial charge on any atom is 0.255 e. The fraction of sp³-hybridized carbons (Fsp3) is 0.435. The van der Waals surface area contributed by atoms with Gasteiger partial charge in [0.2, 0.25) is 0 Å². The number of ether oxygens (including phenoxy) is 1. The van der Waals surface area contributed by atoms with Gasteiger partial charge in [0.05, 0.1) is 5.69 Å². The zero-order valence-electron chi connectivity index (χ0n) is 17.6. The maximum atomic E-state index is 12.7. The van der Waals surface area contributed by atoms with Crippen LogP contribution in [0, 0.1) is 0 Å². The number of hydrogen-bond donors (Lipinski definition) is 1. The van der Waals surface area contributed by atoms with Crippen LogP contribution >= 0.6 is 0 Å². The van der Waals surface area contributed by atoms with Crippen LogP contribution in [0.1, 0.15) is 37.6 Å². The molecule has 0 aliphatic carbocycles. The standard InChI is InChI=1S/C23H33N3O2/c1-5-16-25(4)20-14-12-19(13-15-20)23(27)24-21-10-8-9-11-22(21)28-18-17-26(6-2)7-3/h8-15H,5-7,16-18H2,1-4H3,(H,24,27). The second kappa shape index (κ2) is 11.3. The summed E-state index contributed by atoms with van der Waals surface area (Å²) in [6.07, 6.45) is 1.09. The minimum absolute atomic E-state index is 0.135. The average Bonchev–Trinajstić information content (AvgIpc) is 2.72. The van der Waals surface area contributed by atoms with Gasteiger partial charge in [-0.05, 0) is 55.9 Å². The molecule has 0 saturated carbocycles. The van der Waals surface area contributed by atoms with E-state index in [1.807, 2.05) is 48.5 Å². The first-order valence-corrected chi connectivity index (χ1v) is 10.2. The van der Waals surface area contributed by atoms with Gasteiger partial charge in [-0.3, -0.25) is 4.79 Å². The Kier molecular flexibility index (Phi) is 8.82. The Hall–Kier alpha value is -2.53. The molecule has 0 spiro atoms. The van der Waals surface area contributed by atoms with Crippen molar-refractivity contribution in [2.75, 3.05) is 50.1 Å². The van der Waals surface area contributed by atoms with Crippen LogP contribution in [-0.4, -0.2) is 50.6 Å². The van der Waals surface area contributed by atoms with Crippen LogP contribution in [0.15, 0.2) is 48.5 Å². The fourth-order valence-corrected chi connectivity index (χ4v) is 3.05. The molecule has 0 fully saturated rings. The number of likely N-dealkylation sites (N-methyl/N-ethyl adjacent to an activating group) is 1. The summed E-state index contributed by atoms with van der Waals surface area (Å²) in [5, 5.41) is 2.98. The molecule has 5 heteroatoms. The molecule has 152 valence electrons. The molecule has 0 radical (unpaired) electrons. The van der Waals surface area contributed by atoms with Crippen LogP contribution in [0.25, 0.3) is 0 Å². The molecule has 2 aromatic carbocycles. The van der Waals surface area contributed by atoms with Gasteiger partial charge in [0.25, 0.3) is 5.91 Å². The Morgan fingerprint density at radius 2 is 1.64 bits per heavy atom. The largest absolute Gasteiger partial charge is 0.490 e. The van der Waals surface area contributed by atoms with E-state index >= 15 is 0 Å². The minimum Gasteiger partial charge on any atom is -0.490 e. The highest BCUT2D eigenvalue weighted by molar-refractivity contribution is 6.05. The van der Waals surface area contributed by atoms with Gasteiger partial charge in [0, 0.05) is 31.4 Å². The number of carbonyl (C=O) groups is 1. The predicted molar refractivity (Wildman–Crippen MR) is 118 cm³/mol. The molecule has 0 bridgehead atoms. The molecular weight excluding hydrogens is 350 g/mol. The normalized spacial score (nSPS) is 10.8. The lowest BCUT2D eigenvalue weighted by Crippen LogP contribution is -2.28. The summed E-state index contributed by atoms with van der Waals surface area (Å²) >= 11 is 0. The van der Waals surface area contributed by atoms with Crippen molar-refractivity contribution in [3.05, 3.63) is 54.1 Å². The molecule has 2 aromatic rings. The van der Waals surface area contributed by atoms with Crippen molar-refractivity contribution in [3.63, 3.8) is 0 Å². The van der Waals surface area contributed by atoms with E-state index in [2.05, 4.69) is 42.9 Å². The van der Waals surface area contributed by atoms with Crippen molar-refractivity contribution >= 4 is 17.3 Å². The third-order valence-corrected chi connectivity index (χ3v) is 4.82. The van der Waals surface area contributed by atoms with E-state index in [-0.39, 0.29) is 5.91 Å². The predicted octanol–water partition coefficient (Wildman–Crippen LogP) is 4.51. The summed E-state index contributed by atoms with van der Waals surface area (Å²) < 4.78 is 5.92. The molecule has 0 aliphatic rings. The van der Waals surface area contributed by atoms with Crippen molar-refractivity contribution < 1.29 is 9.53 Å². The summed E-state index contributed by atoms with van der Waals surface area (Å²) in [7, 11) is 2.06. The highest BCUT2D eigenvalue weighted by Crippen LogP contribution is 2.24. The molecule has 1 N–H and O–H groups in total. The summed E-state index contributed by atoms with van der Waals surface area (Å²) in [6, 6.07) is 15.3. The minimum atomic E-state index is -0.135. The van der Waals surface area contributed by atoms with Crippen molar-refractivity contribution in [2.24, 2.45) is 0 Å². The topological polar surface area (TPSA) is 44.8 Å². The van der Waals surface area contributed by atoms with E-state index in [1.165, 1.54) is 0 Å². The number of amides is 1. The highest BCUT2D eigenvalue weighted by atomic mass is 16.5. The Balaban J connectivity index is 2.00. The smallest absolute Gasteiger partial charge is 0.255 e. The van der Waals surface area contributed by atoms with Crippen LogP contribution in [0.5, 0.6) is 5.75 Å². The van der Waals surface area contributed by atoms with Crippen molar-refractivity contribution in [1.82, 2.24) is 4.90 Å². The summed E-state index contributed by atoms with van der Waals surface area (Å²) in [5.74, 6) is 0.562. The van der Waals surface area contributed by atoms with Gasteiger partial charge in [-0.2, -0.15) is 0 Å². The highest BCUT2D eigenvalue weighted by Gasteiger charge is 2.11. The second-order valence-electron chi connectivity index (χ2n) is 6.79. The first-order chi connectivity index (χ1) is 13.6. The quantitative estimate of drug-likeness (QED) is 0.620. The van der Waals surface area contributed by atoms with Crippen molar-refractivity contribution in [1.29, 1.82) is 0 Å². The number of nitrogens with zero attached hydrogens (tertiary/aromatic N) is 2. The number of carbonyl (C=O) groups excluding carboxylic acids is 1. The number of anilines is 2. The molecule has 0 unspecified atom stereocenters. The second-order valence-corrected chi connectivity index (χ2v) is 6.79. The van der Waals surface area contributed by atoms with Crippen LogP contribution in [0.2, 0.25) is 0 Å². The molecule has 2 rings (SSSR count). The van der Waals surface area contributed by atoms with Gasteiger partial charge in [-0.25, -0.2) is 0 Å². The van der Waals surface area contributed by atoms with Crippen LogP contribution in [0.4, 0.5) is 11.4 Å². The number of hydrogen-bond acceptors (Lipinski definition) is 4. The fourth-order valence-electron chi connectivity index (χ4n) is 3.05. The van der Waals surface area contributed by atoms with E-state index in [0.29, 0.717) is 23.6 Å². The first-order valence-electron chi connectivity index (χ1n) is 10.2. The van der Waals surface area contributed by atoms with Crippen LogP contribution in [0.3, 0.4) is 0 Å². The SMILES string of the molecule is CCCN(C)c1ccc(C(=O)Nc2ccccc2OCCN(CC)CC)cc1. The molecule has 5 nitrogen and oxygen atoms in total. The van der Waals surface area contributed by atoms with E-state index in [1.54, 1.807) is 0 Å². The van der Waals surface area contributed by atoms with Gasteiger partial charge < -0.3 is 19.9 Å². The molecule has 0 saturated heterocycles. The summed E-state index contributed by atoms with van der Waals surface area (Å²) in [5.41, 5.74) is 2.43. The number of rotatable bonds is 11. The Labute approximate surface area is 169 Å². The molecule has 1 amide bonds. The zero-order valence-corrected chi connectivity index (χ0v) is 17.6. The van der Waals surface area contributed by atoms with E-state index in [4.69, 9.17) is 4.74 Å². The molecule has 28 heavy (non-hydrogen) atoms. The van der Waals surface area contributed by atoms with Gasteiger partial charge in [0.15, 0.2) is 0 Å². The van der Waals surface area contributed by atoms with Gasteiger partial charge in [0.1, 0.15) is 12.4 Å². The van der Waals surface area contributed by atoms with Crippen molar-refractivity contribution in [3.8, 4) is 5.75 Å². The maximum absolute atomic E-state index is 12.7. The van der Waals surface area contributed by atoms with E-state index in [9.17, 15) is 4.79 Å². The van der Waals surface area contributed by atoms with Crippen molar-refractivity contribution in [2.45, 2.75) is 27.2 Å².